The van der Waals surface area contributed by atoms with E-state index in [1.165, 1.54) is 24.3 Å². The number of Topliss-reactive ketones (excluding diaryl/α,β-unsaturated/α-hetero) is 1. The van der Waals surface area contributed by atoms with Gasteiger partial charge in [-0.05, 0) is 49.4 Å². The number of ether oxygens (including phenoxy) is 4. The maximum absolute atomic E-state index is 12.3. The molecular formula is C23H23NO8. The van der Waals surface area contributed by atoms with Crippen molar-refractivity contribution in [1.82, 2.24) is 0 Å². The lowest BCUT2D eigenvalue weighted by atomic mass is 10.1. The van der Waals surface area contributed by atoms with Gasteiger partial charge >= 0.3 is 11.9 Å². The minimum absolute atomic E-state index is 0.0601. The predicted molar refractivity (Wildman–Crippen MR) is 113 cm³/mol. The number of nitrogens with one attached hydrogen (secondary N) is 1. The number of ketones is 1. The van der Waals surface area contributed by atoms with Gasteiger partial charge in [-0.15, -0.1) is 0 Å². The van der Waals surface area contributed by atoms with Gasteiger partial charge in [0.25, 0.3) is 5.91 Å². The molecule has 9 nitrogen and oxygen atoms in total. The fraction of sp³-hybridized carbons (Fsp3) is 0.304. The van der Waals surface area contributed by atoms with E-state index in [2.05, 4.69) is 5.32 Å². The summed E-state index contributed by atoms with van der Waals surface area (Å²) in [6.45, 7) is 2.36. The number of hydrogen-bond acceptors (Lipinski definition) is 8. The first-order valence-corrected chi connectivity index (χ1v) is 10.1. The van der Waals surface area contributed by atoms with E-state index in [0.29, 0.717) is 41.5 Å². The molecule has 2 aromatic carbocycles. The molecule has 0 radical (unpaired) electrons. The lowest BCUT2D eigenvalue weighted by molar-refractivity contribution is -0.147. The standard InChI is InChI=1S/C23H23NO8/c1-2-29-23(28)15-3-6-17(7-4-15)24-21(26)14-32-22(27)10-8-18(25)16-5-9-19-20(13-16)31-12-11-30-19/h3-7,9,13H,2,8,10-12,14H2,1H3,(H,24,26). The maximum atomic E-state index is 12.3. The molecule has 0 spiro atoms. The van der Waals surface area contributed by atoms with Crippen molar-refractivity contribution >= 4 is 29.3 Å². The fourth-order valence-corrected chi connectivity index (χ4v) is 2.90. The fourth-order valence-electron chi connectivity index (χ4n) is 2.90. The highest BCUT2D eigenvalue weighted by Crippen LogP contribution is 2.31. The van der Waals surface area contributed by atoms with Gasteiger partial charge in [0.05, 0.1) is 18.6 Å². The third-order valence-corrected chi connectivity index (χ3v) is 4.46. The largest absolute Gasteiger partial charge is 0.486 e. The lowest BCUT2D eigenvalue weighted by Gasteiger charge is -2.18. The Bertz CT molecular complexity index is 1000. The Balaban J connectivity index is 1.40. The van der Waals surface area contributed by atoms with Crippen molar-refractivity contribution in [3.63, 3.8) is 0 Å². The van der Waals surface area contributed by atoms with Gasteiger partial charge in [0.2, 0.25) is 0 Å². The number of carbonyl (C=O) groups is 4. The van der Waals surface area contributed by atoms with Crippen molar-refractivity contribution in [2.45, 2.75) is 19.8 Å². The summed E-state index contributed by atoms with van der Waals surface area (Å²) in [4.78, 5) is 47.8. The second kappa shape index (κ2) is 10.9. The van der Waals surface area contributed by atoms with Crippen LogP contribution in [0.5, 0.6) is 11.5 Å². The highest BCUT2D eigenvalue weighted by Gasteiger charge is 2.17. The van der Waals surface area contributed by atoms with Crippen molar-refractivity contribution in [2.24, 2.45) is 0 Å². The molecule has 0 aromatic heterocycles. The molecule has 0 bridgehead atoms. The third-order valence-electron chi connectivity index (χ3n) is 4.46. The van der Waals surface area contributed by atoms with E-state index >= 15 is 0 Å². The summed E-state index contributed by atoms with van der Waals surface area (Å²) < 4.78 is 20.7. The van der Waals surface area contributed by atoms with Gasteiger partial charge in [0, 0.05) is 17.7 Å². The maximum Gasteiger partial charge on any atom is 0.338 e. The molecule has 1 aliphatic heterocycles. The molecular weight excluding hydrogens is 418 g/mol. The Morgan fingerprint density at radius 1 is 0.875 bits per heavy atom. The number of amides is 1. The molecule has 9 heteroatoms. The van der Waals surface area contributed by atoms with Gasteiger partial charge < -0.3 is 24.3 Å². The molecule has 32 heavy (non-hydrogen) atoms. The minimum atomic E-state index is -0.663. The van der Waals surface area contributed by atoms with Gasteiger partial charge in [-0.2, -0.15) is 0 Å². The van der Waals surface area contributed by atoms with Gasteiger partial charge in [-0.3, -0.25) is 14.4 Å². The summed E-state index contributed by atoms with van der Waals surface area (Å²) in [6, 6.07) is 11.0. The molecule has 0 unspecified atom stereocenters. The molecule has 1 amide bonds. The molecule has 1 aliphatic rings. The first kappa shape index (κ1) is 22.8. The van der Waals surface area contributed by atoms with Crippen LogP contribution in [0.3, 0.4) is 0 Å². The van der Waals surface area contributed by atoms with Crippen LogP contribution in [0.25, 0.3) is 0 Å². The first-order chi connectivity index (χ1) is 15.5. The number of rotatable bonds is 9. The molecule has 0 aliphatic carbocycles. The molecule has 168 valence electrons. The van der Waals surface area contributed by atoms with Gasteiger partial charge in [-0.25, -0.2) is 4.79 Å². The van der Waals surface area contributed by atoms with E-state index in [1.807, 2.05) is 0 Å². The average molecular weight is 441 g/mol. The van der Waals surface area contributed by atoms with Gasteiger partial charge in [0.15, 0.2) is 23.9 Å². The van der Waals surface area contributed by atoms with Crippen LogP contribution in [0.4, 0.5) is 5.69 Å². The second-order valence-electron chi connectivity index (χ2n) is 6.79. The van der Waals surface area contributed by atoms with Crippen LogP contribution in [-0.4, -0.2) is 50.1 Å². The average Bonchev–Trinajstić information content (AvgIpc) is 2.81. The quantitative estimate of drug-likeness (QED) is 0.466. The monoisotopic (exact) mass is 441 g/mol. The Kier molecular flexibility index (Phi) is 7.80. The number of fused-ring (bicyclic) bond motifs is 1. The van der Waals surface area contributed by atoms with Crippen molar-refractivity contribution in [3.05, 3.63) is 53.6 Å². The van der Waals surface area contributed by atoms with E-state index in [1.54, 1.807) is 25.1 Å². The molecule has 0 saturated carbocycles. The van der Waals surface area contributed by atoms with Crippen LogP contribution in [-0.2, 0) is 19.1 Å². The van der Waals surface area contributed by atoms with Crippen LogP contribution in [0.2, 0.25) is 0 Å². The van der Waals surface area contributed by atoms with Crippen LogP contribution in [0.1, 0.15) is 40.5 Å². The van der Waals surface area contributed by atoms with Crippen molar-refractivity contribution in [1.29, 1.82) is 0 Å². The van der Waals surface area contributed by atoms with E-state index in [-0.39, 0.29) is 25.2 Å². The van der Waals surface area contributed by atoms with Crippen molar-refractivity contribution < 1.29 is 38.1 Å². The Labute approximate surface area is 184 Å². The van der Waals surface area contributed by atoms with Crippen LogP contribution in [0.15, 0.2) is 42.5 Å². The first-order valence-electron chi connectivity index (χ1n) is 10.1. The normalized spacial score (nSPS) is 11.9. The lowest BCUT2D eigenvalue weighted by Crippen LogP contribution is -2.21. The molecule has 0 fully saturated rings. The van der Waals surface area contributed by atoms with E-state index in [0.717, 1.165) is 0 Å². The molecule has 1 heterocycles. The summed E-state index contributed by atoms with van der Waals surface area (Å²) in [5, 5.41) is 2.55. The van der Waals surface area contributed by atoms with Gasteiger partial charge in [-0.1, -0.05) is 0 Å². The number of benzene rings is 2. The molecule has 3 rings (SSSR count). The van der Waals surface area contributed by atoms with Gasteiger partial charge in [0.1, 0.15) is 13.2 Å². The minimum Gasteiger partial charge on any atom is -0.486 e. The Morgan fingerprint density at radius 2 is 1.56 bits per heavy atom. The number of anilines is 1. The summed E-state index contributed by atoms with van der Waals surface area (Å²) >= 11 is 0. The van der Waals surface area contributed by atoms with Crippen LogP contribution >= 0.6 is 0 Å². The zero-order valence-electron chi connectivity index (χ0n) is 17.6. The van der Waals surface area contributed by atoms with Crippen LogP contribution < -0.4 is 14.8 Å². The molecule has 2 aromatic rings. The van der Waals surface area contributed by atoms with E-state index in [9.17, 15) is 19.2 Å². The Morgan fingerprint density at radius 3 is 2.28 bits per heavy atom. The van der Waals surface area contributed by atoms with E-state index in [4.69, 9.17) is 18.9 Å². The molecule has 0 saturated heterocycles. The SMILES string of the molecule is CCOC(=O)c1ccc(NC(=O)COC(=O)CCC(=O)c2ccc3c(c2)OCCO3)cc1. The summed E-state index contributed by atoms with van der Waals surface area (Å²) in [5.41, 5.74) is 1.21. The number of hydrogen-bond donors (Lipinski definition) is 1. The molecule has 1 N–H and O–H groups in total. The third kappa shape index (κ3) is 6.31. The summed E-state index contributed by atoms with van der Waals surface area (Å²) in [7, 11) is 0. The smallest absolute Gasteiger partial charge is 0.338 e. The second-order valence-corrected chi connectivity index (χ2v) is 6.79. The topological polar surface area (TPSA) is 117 Å². The Hall–Kier alpha value is -3.88. The summed E-state index contributed by atoms with van der Waals surface area (Å²) in [5.74, 6) is -0.829. The zero-order valence-corrected chi connectivity index (χ0v) is 17.6. The number of esters is 2. The van der Waals surface area contributed by atoms with Crippen LogP contribution in [0, 0.1) is 0 Å². The summed E-state index contributed by atoms with van der Waals surface area (Å²) in [6.07, 6.45) is -0.218. The molecule has 0 atom stereocenters. The highest BCUT2D eigenvalue weighted by molar-refractivity contribution is 5.98. The van der Waals surface area contributed by atoms with E-state index < -0.39 is 24.5 Å². The zero-order chi connectivity index (χ0) is 22.9. The van der Waals surface area contributed by atoms with Crippen molar-refractivity contribution in [2.75, 3.05) is 31.7 Å². The number of carbonyl (C=O) groups excluding carboxylic acids is 4. The predicted octanol–water partition coefficient (Wildman–Crippen LogP) is 2.78. The van der Waals surface area contributed by atoms with Crippen molar-refractivity contribution in [3.8, 4) is 11.5 Å². The highest BCUT2D eigenvalue weighted by atomic mass is 16.6.